The number of benzene rings is 1. The van der Waals surface area contributed by atoms with Gasteiger partial charge in [0.25, 0.3) is 0 Å². The largest absolute Gasteiger partial charge is 0.478 e. The third-order valence-corrected chi connectivity index (χ3v) is 3.30. The SMILES string of the molecule is COCC1CCN(c2ccc(C(=O)O)cc2N)C1. The number of carbonyl (C=O) groups is 1. The first-order chi connectivity index (χ1) is 8.61. The van der Waals surface area contributed by atoms with Crippen molar-refractivity contribution in [3.8, 4) is 0 Å². The van der Waals surface area contributed by atoms with Crippen LogP contribution >= 0.6 is 0 Å². The molecule has 0 bridgehead atoms. The van der Waals surface area contributed by atoms with E-state index in [0.29, 0.717) is 11.6 Å². The summed E-state index contributed by atoms with van der Waals surface area (Å²) in [5.74, 6) is -0.430. The van der Waals surface area contributed by atoms with Gasteiger partial charge in [0.2, 0.25) is 0 Å². The molecule has 0 spiro atoms. The molecular weight excluding hydrogens is 232 g/mol. The molecule has 5 nitrogen and oxygen atoms in total. The van der Waals surface area contributed by atoms with Crippen LogP contribution in [0.3, 0.4) is 0 Å². The summed E-state index contributed by atoms with van der Waals surface area (Å²) < 4.78 is 5.16. The summed E-state index contributed by atoms with van der Waals surface area (Å²) in [6.45, 7) is 2.60. The second kappa shape index (κ2) is 5.27. The van der Waals surface area contributed by atoms with Crippen molar-refractivity contribution in [1.29, 1.82) is 0 Å². The van der Waals surface area contributed by atoms with Gasteiger partial charge in [0.15, 0.2) is 0 Å². The van der Waals surface area contributed by atoms with Crippen LogP contribution in [0.2, 0.25) is 0 Å². The number of nitrogen functional groups attached to an aromatic ring is 1. The molecule has 1 aliphatic heterocycles. The number of carboxylic acid groups (broad SMARTS) is 1. The van der Waals surface area contributed by atoms with Crippen molar-refractivity contribution < 1.29 is 14.6 Å². The first kappa shape index (κ1) is 12.7. The van der Waals surface area contributed by atoms with E-state index in [4.69, 9.17) is 15.6 Å². The number of anilines is 2. The highest BCUT2D eigenvalue weighted by Gasteiger charge is 2.24. The summed E-state index contributed by atoms with van der Waals surface area (Å²) in [6, 6.07) is 4.90. The Hall–Kier alpha value is -1.75. The van der Waals surface area contributed by atoms with Gasteiger partial charge in [-0.05, 0) is 24.6 Å². The molecule has 5 heteroatoms. The van der Waals surface area contributed by atoms with Crippen molar-refractivity contribution >= 4 is 17.3 Å². The lowest BCUT2D eigenvalue weighted by molar-refractivity contribution is 0.0697. The number of hydrogen-bond donors (Lipinski definition) is 2. The third kappa shape index (κ3) is 2.56. The molecule has 0 radical (unpaired) electrons. The lowest BCUT2D eigenvalue weighted by Crippen LogP contribution is -2.22. The number of carboxylic acids is 1. The second-order valence-corrected chi connectivity index (χ2v) is 4.63. The zero-order valence-electron chi connectivity index (χ0n) is 10.4. The Bertz CT molecular complexity index is 448. The van der Waals surface area contributed by atoms with E-state index in [0.717, 1.165) is 31.8 Å². The normalized spacial score (nSPS) is 19.2. The fourth-order valence-corrected chi connectivity index (χ4v) is 2.40. The topological polar surface area (TPSA) is 75.8 Å². The van der Waals surface area contributed by atoms with Crippen molar-refractivity contribution in [2.45, 2.75) is 6.42 Å². The molecule has 1 heterocycles. The highest BCUT2D eigenvalue weighted by atomic mass is 16.5. The molecule has 3 N–H and O–H groups in total. The predicted octanol–water partition coefficient (Wildman–Crippen LogP) is 1.44. The molecule has 1 aromatic carbocycles. The van der Waals surface area contributed by atoms with Crippen LogP contribution in [0.15, 0.2) is 18.2 Å². The molecular formula is C13H18N2O3. The monoisotopic (exact) mass is 250 g/mol. The molecule has 0 aliphatic carbocycles. The minimum Gasteiger partial charge on any atom is -0.478 e. The van der Waals surface area contributed by atoms with E-state index in [9.17, 15) is 4.79 Å². The smallest absolute Gasteiger partial charge is 0.335 e. The van der Waals surface area contributed by atoms with Crippen LogP contribution in [0.5, 0.6) is 0 Å². The Labute approximate surface area is 106 Å². The van der Waals surface area contributed by atoms with E-state index in [1.54, 1.807) is 19.2 Å². The maximum absolute atomic E-state index is 10.8. The molecule has 1 fully saturated rings. The van der Waals surface area contributed by atoms with Gasteiger partial charge in [-0.1, -0.05) is 0 Å². The summed E-state index contributed by atoms with van der Waals surface area (Å²) in [6.07, 6.45) is 1.08. The van der Waals surface area contributed by atoms with E-state index in [1.807, 2.05) is 0 Å². The average molecular weight is 250 g/mol. The fourth-order valence-electron chi connectivity index (χ4n) is 2.40. The Morgan fingerprint density at radius 2 is 2.39 bits per heavy atom. The molecule has 98 valence electrons. The highest BCUT2D eigenvalue weighted by molar-refractivity contribution is 5.90. The molecule has 0 saturated carbocycles. The molecule has 2 rings (SSSR count). The maximum atomic E-state index is 10.8. The Kier molecular flexibility index (Phi) is 3.72. The first-order valence-electron chi connectivity index (χ1n) is 5.98. The summed E-state index contributed by atoms with van der Waals surface area (Å²) in [5, 5.41) is 8.89. The van der Waals surface area contributed by atoms with E-state index >= 15 is 0 Å². The van der Waals surface area contributed by atoms with Crippen molar-refractivity contribution in [2.24, 2.45) is 5.92 Å². The Morgan fingerprint density at radius 3 is 3.00 bits per heavy atom. The fraction of sp³-hybridized carbons (Fsp3) is 0.462. The molecule has 18 heavy (non-hydrogen) atoms. The lowest BCUT2D eigenvalue weighted by atomic mass is 10.1. The molecule has 1 atom stereocenters. The lowest BCUT2D eigenvalue weighted by Gasteiger charge is -2.20. The van der Waals surface area contributed by atoms with E-state index < -0.39 is 5.97 Å². The third-order valence-electron chi connectivity index (χ3n) is 3.30. The van der Waals surface area contributed by atoms with Crippen LogP contribution in [-0.4, -0.2) is 37.9 Å². The summed E-state index contributed by atoms with van der Waals surface area (Å²) in [5.41, 5.74) is 7.58. The minimum atomic E-state index is -0.952. The van der Waals surface area contributed by atoms with Gasteiger partial charge in [-0.25, -0.2) is 4.79 Å². The number of nitrogens with zero attached hydrogens (tertiary/aromatic N) is 1. The zero-order chi connectivity index (χ0) is 13.1. The van der Waals surface area contributed by atoms with Gasteiger partial charge in [0.05, 0.1) is 23.5 Å². The Balaban J connectivity index is 2.12. The van der Waals surface area contributed by atoms with Crippen LogP contribution < -0.4 is 10.6 Å². The first-order valence-corrected chi connectivity index (χ1v) is 5.98. The van der Waals surface area contributed by atoms with Crippen molar-refractivity contribution in [1.82, 2.24) is 0 Å². The van der Waals surface area contributed by atoms with Gasteiger partial charge >= 0.3 is 5.97 Å². The molecule has 1 aliphatic rings. The second-order valence-electron chi connectivity index (χ2n) is 4.63. The number of hydrogen-bond acceptors (Lipinski definition) is 4. The highest BCUT2D eigenvalue weighted by Crippen LogP contribution is 2.29. The van der Waals surface area contributed by atoms with Gasteiger partial charge in [-0.2, -0.15) is 0 Å². The zero-order valence-corrected chi connectivity index (χ0v) is 10.4. The van der Waals surface area contributed by atoms with Gasteiger partial charge in [0, 0.05) is 26.1 Å². The quantitative estimate of drug-likeness (QED) is 0.791. The van der Waals surface area contributed by atoms with Gasteiger partial charge in [0.1, 0.15) is 0 Å². The van der Waals surface area contributed by atoms with E-state index in [2.05, 4.69) is 4.90 Å². The van der Waals surface area contributed by atoms with Crippen molar-refractivity contribution in [2.75, 3.05) is 37.4 Å². The molecule has 0 aromatic heterocycles. The van der Waals surface area contributed by atoms with Crippen LogP contribution in [0.1, 0.15) is 16.8 Å². The van der Waals surface area contributed by atoms with Crippen LogP contribution in [0.25, 0.3) is 0 Å². The summed E-state index contributed by atoms with van der Waals surface area (Å²) in [7, 11) is 1.71. The van der Waals surface area contributed by atoms with Gasteiger partial charge in [-0.15, -0.1) is 0 Å². The average Bonchev–Trinajstić information content (AvgIpc) is 2.77. The predicted molar refractivity (Wildman–Crippen MR) is 70.0 cm³/mol. The van der Waals surface area contributed by atoms with Crippen molar-refractivity contribution in [3.05, 3.63) is 23.8 Å². The van der Waals surface area contributed by atoms with Crippen LogP contribution in [0, 0.1) is 5.92 Å². The number of nitrogens with two attached hydrogens (primary N) is 1. The van der Waals surface area contributed by atoms with Crippen LogP contribution in [0.4, 0.5) is 11.4 Å². The molecule has 1 saturated heterocycles. The minimum absolute atomic E-state index is 0.226. The molecule has 1 aromatic rings. The summed E-state index contributed by atoms with van der Waals surface area (Å²) in [4.78, 5) is 13.0. The van der Waals surface area contributed by atoms with Gasteiger partial charge < -0.3 is 20.5 Å². The van der Waals surface area contributed by atoms with Crippen LogP contribution in [-0.2, 0) is 4.74 Å². The van der Waals surface area contributed by atoms with Crippen molar-refractivity contribution in [3.63, 3.8) is 0 Å². The maximum Gasteiger partial charge on any atom is 0.335 e. The standard InChI is InChI=1S/C13H18N2O3/c1-18-8-9-4-5-15(7-9)12-3-2-10(13(16)17)6-11(12)14/h2-3,6,9H,4-5,7-8,14H2,1H3,(H,16,17). The number of aromatic carboxylic acids is 1. The van der Waals surface area contributed by atoms with Gasteiger partial charge in [-0.3, -0.25) is 0 Å². The Morgan fingerprint density at radius 1 is 1.61 bits per heavy atom. The number of ether oxygens (including phenoxy) is 1. The number of rotatable bonds is 4. The molecule has 1 unspecified atom stereocenters. The molecule has 0 amide bonds. The van der Waals surface area contributed by atoms with E-state index in [-0.39, 0.29) is 5.56 Å². The van der Waals surface area contributed by atoms with E-state index in [1.165, 1.54) is 6.07 Å². The summed E-state index contributed by atoms with van der Waals surface area (Å²) >= 11 is 0. The number of methoxy groups -OCH3 is 1.